The number of nitrogen functional groups attached to an aromatic ring is 1. The fourth-order valence-corrected chi connectivity index (χ4v) is 2.94. The van der Waals surface area contributed by atoms with Crippen molar-refractivity contribution in [1.82, 2.24) is 20.3 Å². The first-order valence-corrected chi connectivity index (χ1v) is 10.3. The van der Waals surface area contributed by atoms with Crippen molar-refractivity contribution in [3.8, 4) is 0 Å². The second-order valence-corrected chi connectivity index (χ2v) is 7.33. The van der Waals surface area contributed by atoms with Gasteiger partial charge in [0.1, 0.15) is 29.6 Å². The maximum atomic E-state index is 14.6. The Bertz CT molecular complexity index is 1070. The highest BCUT2D eigenvalue weighted by atomic mass is 35.5. The third-order valence-electron chi connectivity index (χ3n) is 4.39. The van der Waals surface area contributed by atoms with Crippen LogP contribution in [0.3, 0.4) is 0 Å². The number of rotatable bonds is 7. The first-order valence-electron chi connectivity index (χ1n) is 9.90. The number of aromatic nitrogens is 3. The molecule has 3 heterocycles. The molecule has 0 radical (unpaired) electrons. The van der Waals surface area contributed by atoms with Crippen molar-refractivity contribution >= 4 is 46.6 Å². The number of hydrogen-bond donors (Lipinski definition) is 6. The van der Waals surface area contributed by atoms with Gasteiger partial charge in [-0.3, -0.25) is 0 Å². The highest BCUT2D eigenvalue weighted by Gasteiger charge is 2.24. The molecule has 11 heteroatoms. The van der Waals surface area contributed by atoms with Gasteiger partial charge in [-0.25, -0.2) is 19.3 Å². The summed E-state index contributed by atoms with van der Waals surface area (Å²) >= 11 is 6.29. The van der Waals surface area contributed by atoms with Crippen LogP contribution in [-0.4, -0.2) is 39.4 Å². The molecule has 1 unspecified atom stereocenters. The number of aliphatic hydroxyl groups is 1. The molecule has 7 N–H and O–H groups in total. The van der Waals surface area contributed by atoms with Gasteiger partial charge >= 0.3 is 0 Å². The standard InChI is InChI=1S/C18H16ClFN8.C3H8O/c19-11-1-9(14-7-23-14)2-12(20)18(11)27-13-3-16(24-6-10(13)5-21)28-17-4-15(22)25-8-26-17;1-2-3-4/h1-6,8,14,21,23H,7H2,(H4,22,24,25,26,27,28);4H,2-3H2,1H3. The average Bonchev–Trinajstić information content (AvgIpc) is 3.62. The Hall–Kier alpha value is -3.34. The zero-order valence-corrected chi connectivity index (χ0v) is 18.1. The van der Waals surface area contributed by atoms with Crippen molar-refractivity contribution in [1.29, 1.82) is 5.41 Å². The van der Waals surface area contributed by atoms with Crippen molar-refractivity contribution in [2.45, 2.75) is 19.4 Å². The first-order chi connectivity index (χ1) is 15.4. The summed E-state index contributed by atoms with van der Waals surface area (Å²) in [6.45, 7) is 3.06. The molecule has 0 spiro atoms. The lowest BCUT2D eigenvalue weighted by molar-refractivity contribution is 0.295. The Morgan fingerprint density at radius 3 is 2.56 bits per heavy atom. The SMILES string of the molecule is CCCO.N=Cc1cnc(Nc2cc(N)ncn2)cc1Nc1c(F)cc(C2CN2)cc1Cl. The second-order valence-electron chi connectivity index (χ2n) is 6.92. The highest BCUT2D eigenvalue weighted by molar-refractivity contribution is 6.33. The summed E-state index contributed by atoms with van der Waals surface area (Å²) in [5, 5.41) is 24.8. The Morgan fingerprint density at radius 1 is 1.25 bits per heavy atom. The largest absolute Gasteiger partial charge is 0.396 e. The molecule has 0 bridgehead atoms. The molecule has 1 atom stereocenters. The summed E-state index contributed by atoms with van der Waals surface area (Å²) in [7, 11) is 0. The molecule has 9 nitrogen and oxygen atoms in total. The van der Waals surface area contributed by atoms with Crippen LogP contribution in [0.25, 0.3) is 0 Å². The highest BCUT2D eigenvalue weighted by Crippen LogP contribution is 2.34. The summed E-state index contributed by atoms with van der Waals surface area (Å²) < 4.78 is 14.6. The van der Waals surface area contributed by atoms with E-state index in [0.29, 0.717) is 35.3 Å². The molecule has 0 aliphatic carbocycles. The van der Waals surface area contributed by atoms with Crippen molar-refractivity contribution < 1.29 is 9.50 Å². The Balaban J connectivity index is 0.000000668. The van der Waals surface area contributed by atoms with Crippen LogP contribution < -0.4 is 21.7 Å². The number of aliphatic hydroxyl groups excluding tert-OH is 1. The summed E-state index contributed by atoms with van der Waals surface area (Å²) in [5.74, 6) is 0.730. The second kappa shape index (κ2) is 10.8. The molecule has 3 aromatic rings. The predicted molar refractivity (Wildman–Crippen MR) is 125 cm³/mol. The monoisotopic (exact) mass is 458 g/mol. The topological polar surface area (TPSA) is 155 Å². The summed E-state index contributed by atoms with van der Waals surface area (Å²) in [4.78, 5) is 12.1. The number of anilines is 5. The minimum atomic E-state index is -0.470. The number of benzene rings is 1. The Morgan fingerprint density at radius 2 is 1.97 bits per heavy atom. The number of pyridine rings is 1. The van der Waals surface area contributed by atoms with Crippen molar-refractivity contribution in [3.63, 3.8) is 0 Å². The van der Waals surface area contributed by atoms with E-state index in [0.717, 1.165) is 24.7 Å². The molecule has 4 rings (SSSR count). The number of nitrogens with one attached hydrogen (secondary N) is 4. The summed E-state index contributed by atoms with van der Waals surface area (Å²) in [5.41, 5.74) is 7.52. The van der Waals surface area contributed by atoms with Gasteiger partial charge in [-0.15, -0.1) is 0 Å². The summed E-state index contributed by atoms with van der Waals surface area (Å²) in [6, 6.07) is 6.51. The maximum absolute atomic E-state index is 14.6. The van der Waals surface area contributed by atoms with E-state index in [4.69, 9.17) is 27.9 Å². The van der Waals surface area contributed by atoms with Gasteiger partial charge in [0.25, 0.3) is 0 Å². The molecule has 168 valence electrons. The van der Waals surface area contributed by atoms with E-state index in [-0.39, 0.29) is 16.8 Å². The van der Waals surface area contributed by atoms with Crippen LogP contribution in [0.15, 0.2) is 36.8 Å². The van der Waals surface area contributed by atoms with Gasteiger partial charge in [0.15, 0.2) is 0 Å². The number of nitrogens with two attached hydrogens (primary N) is 1. The molecule has 1 aliphatic rings. The Labute approximate surface area is 189 Å². The third kappa shape index (κ3) is 6.10. The molecular formula is C21H24ClFN8O. The van der Waals surface area contributed by atoms with Crippen LogP contribution in [0.2, 0.25) is 5.02 Å². The smallest absolute Gasteiger partial charge is 0.148 e. The van der Waals surface area contributed by atoms with Crippen molar-refractivity contribution in [2.24, 2.45) is 0 Å². The minimum absolute atomic E-state index is 0.137. The van der Waals surface area contributed by atoms with E-state index in [1.165, 1.54) is 18.6 Å². The van der Waals surface area contributed by atoms with Crippen LogP contribution in [-0.2, 0) is 0 Å². The lowest BCUT2D eigenvalue weighted by Crippen LogP contribution is -2.03. The van der Waals surface area contributed by atoms with E-state index in [1.807, 2.05) is 6.92 Å². The van der Waals surface area contributed by atoms with Crippen LogP contribution in [0, 0.1) is 11.2 Å². The Kier molecular flexibility index (Phi) is 7.87. The van der Waals surface area contributed by atoms with Crippen molar-refractivity contribution in [3.05, 3.63) is 58.8 Å². The van der Waals surface area contributed by atoms with Gasteiger partial charge in [0.05, 0.1) is 16.4 Å². The molecule has 0 amide bonds. The predicted octanol–water partition coefficient (Wildman–Crippen LogP) is 3.76. The van der Waals surface area contributed by atoms with E-state index in [2.05, 4.69) is 30.9 Å². The number of hydrogen-bond acceptors (Lipinski definition) is 9. The average molecular weight is 459 g/mol. The number of halogens is 2. The lowest BCUT2D eigenvalue weighted by Gasteiger charge is -2.14. The van der Waals surface area contributed by atoms with Gasteiger partial charge in [0, 0.05) is 49.3 Å². The van der Waals surface area contributed by atoms with Crippen LogP contribution in [0.1, 0.15) is 30.5 Å². The van der Waals surface area contributed by atoms with Crippen molar-refractivity contribution in [2.75, 3.05) is 29.5 Å². The van der Waals surface area contributed by atoms with E-state index in [1.54, 1.807) is 18.2 Å². The van der Waals surface area contributed by atoms with Gasteiger partial charge in [-0.1, -0.05) is 18.5 Å². The van der Waals surface area contributed by atoms with Gasteiger partial charge in [0.2, 0.25) is 0 Å². The molecule has 1 aliphatic heterocycles. The molecule has 32 heavy (non-hydrogen) atoms. The zero-order valence-electron chi connectivity index (χ0n) is 17.4. The van der Waals surface area contributed by atoms with E-state index < -0.39 is 5.82 Å². The maximum Gasteiger partial charge on any atom is 0.148 e. The van der Waals surface area contributed by atoms with E-state index >= 15 is 0 Å². The van der Waals surface area contributed by atoms with Gasteiger partial charge < -0.3 is 32.2 Å². The first kappa shape index (κ1) is 23.3. The quantitative estimate of drug-likeness (QED) is 0.231. The van der Waals surface area contributed by atoms with Gasteiger partial charge in [-0.2, -0.15) is 0 Å². The molecular weight excluding hydrogens is 435 g/mol. The molecule has 1 aromatic carbocycles. The zero-order chi connectivity index (χ0) is 23.1. The molecule has 0 saturated carbocycles. The van der Waals surface area contributed by atoms with Crippen LogP contribution in [0.4, 0.5) is 33.2 Å². The number of nitrogens with zero attached hydrogens (tertiary/aromatic N) is 3. The lowest BCUT2D eigenvalue weighted by atomic mass is 10.1. The van der Waals surface area contributed by atoms with Crippen LogP contribution >= 0.6 is 11.6 Å². The van der Waals surface area contributed by atoms with Gasteiger partial charge in [-0.05, 0) is 24.1 Å². The fourth-order valence-electron chi connectivity index (χ4n) is 2.67. The van der Waals surface area contributed by atoms with Crippen LogP contribution in [0.5, 0.6) is 0 Å². The third-order valence-corrected chi connectivity index (χ3v) is 4.69. The molecule has 1 saturated heterocycles. The fraction of sp³-hybridized carbons (Fsp3) is 0.238. The summed E-state index contributed by atoms with van der Waals surface area (Å²) in [6.07, 6.45) is 4.81. The molecule has 2 aromatic heterocycles. The minimum Gasteiger partial charge on any atom is -0.396 e. The normalized spacial score (nSPS) is 14.2. The van der Waals surface area contributed by atoms with E-state index in [9.17, 15) is 4.39 Å². The molecule has 1 fully saturated rings.